The molecule has 0 spiro atoms. The zero-order valence-corrected chi connectivity index (χ0v) is 9.73. The first-order valence-corrected chi connectivity index (χ1v) is 6.05. The monoisotopic (exact) mass is 239 g/mol. The number of halogens is 1. The standard InChI is InChI=1S/C11H14ClN3O/c12-10-5-13-6-11(14-10)16-9-7-15-3-1-8(9)2-4-15/h5-6,8-9H,1-4,7H2/t9-/m1/s1. The van der Waals surface area contributed by atoms with Crippen LogP contribution in [0.1, 0.15) is 12.8 Å². The highest BCUT2D eigenvalue weighted by atomic mass is 35.5. The van der Waals surface area contributed by atoms with Crippen LogP contribution in [0.3, 0.4) is 0 Å². The highest BCUT2D eigenvalue weighted by Crippen LogP contribution is 2.30. The van der Waals surface area contributed by atoms with E-state index >= 15 is 0 Å². The molecule has 3 aliphatic rings. The molecule has 4 heterocycles. The summed E-state index contributed by atoms with van der Waals surface area (Å²) in [5, 5.41) is 0.388. The molecule has 0 saturated carbocycles. The Morgan fingerprint density at radius 1 is 1.31 bits per heavy atom. The van der Waals surface area contributed by atoms with Crippen molar-refractivity contribution < 1.29 is 4.74 Å². The summed E-state index contributed by atoms with van der Waals surface area (Å²) < 4.78 is 5.87. The summed E-state index contributed by atoms with van der Waals surface area (Å²) in [5.74, 6) is 1.22. The van der Waals surface area contributed by atoms with Crippen LogP contribution in [0.15, 0.2) is 12.4 Å². The number of piperidine rings is 3. The molecule has 0 aliphatic carbocycles. The lowest BCUT2D eigenvalue weighted by molar-refractivity contribution is -0.0101. The van der Waals surface area contributed by atoms with Gasteiger partial charge in [-0.05, 0) is 31.8 Å². The molecule has 3 fully saturated rings. The van der Waals surface area contributed by atoms with Gasteiger partial charge in [0.05, 0.1) is 12.4 Å². The molecule has 1 atom stereocenters. The van der Waals surface area contributed by atoms with Crippen molar-refractivity contribution in [1.29, 1.82) is 0 Å². The number of aromatic nitrogens is 2. The van der Waals surface area contributed by atoms with Crippen molar-refractivity contribution in [3.8, 4) is 5.88 Å². The number of nitrogens with zero attached hydrogens (tertiary/aromatic N) is 3. The Morgan fingerprint density at radius 2 is 2.12 bits per heavy atom. The van der Waals surface area contributed by atoms with E-state index in [2.05, 4.69) is 14.9 Å². The van der Waals surface area contributed by atoms with Crippen molar-refractivity contribution in [2.75, 3.05) is 19.6 Å². The Hall–Kier alpha value is -0.870. The van der Waals surface area contributed by atoms with Crippen LogP contribution in [0.5, 0.6) is 5.88 Å². The molecule has 0 amide bonds. The summed E-state index contributed by atoms with van der Waals surface area (Å²) in [7, 11) is 0. The van der Waals surface area contributed by atoms with Gasteiger partial charge in [-0.1, -0.05) is 11.6 Å². The maximum absolute atomic E-state index is 5.87. The average Bonchev–Trinajstić information content (AvgIpc) is 2.30. The second-order valence-electron chi connectivity index (χ2n) is 4.47. The van der Waals surface area contributed by atoms with E-state index in [-0.39, 0.29) is 6.10 Å². The topological polar surface area (TPSA) is 38.2 Å². The van der Waals surface area contributed by atoms with E-state index in [1.54, 1.807) is 6.20 Å². The predicted octanol–water partition coefficient (Wildman–Crippen LogP) is 1.60. The Balaban J connectivity index is 1.71. The fraction of sp³-hybridized carbons (Fsp3) is 0.636. The zero-order chi connectivity index (χ0) is 11.0. The van der Waals surface area contributed by atoms with Crippen LogP contribution in [0, 0.1) is 5.92 Å². The lowest BCUT2D eigenvalue weighted by atomic mass is 9.86. The summed E-state index contributed by atoms with van der Waals surface area (Å²) in [6.07, 6.45) is 5.88. The van der Waals surface area contributed by atoms with E-state index in [1.165, 1.54) is 32.1 Å². The van der Waals surface area contributed by atoms with Gasteiger partial charge in [-0.15, -0.1) is 0 Å². The summed E-state index contributed by atoms with van der Waals surface area (Å²) in [6.45, 7) is 3.44. The van der Waals surface area contributed by atoms with Crippen LogP contribution in [-0.2, 0) is 0 Å². The smallest absolute Gasteiger partial charge is 0.234 e. The molecule has 1 aromatic rings. The molecular weight excluding hydrogens is 226 g/mol. The number of rotatable bonds is 2. The molecule has 0 unspecified atom stereocenters. The van der Waals surface area contributed by atoms with E-state index in [0.29, 0.717) is 17.0 Å². The molecule has 4 nitrogen and oxygen atoms in total. The van der Waals surface area contributed by atoms with Gasteiger partial charge >= 0.3 is 0 Å². The molecule has 86 valence electrons. The molecule has 0 aromatic carbocycles. The van der Waals surface area contributed by atoms with Gasteiger partial charge in [-0.25, -0.2) is 0 Å². The average molecular weight is 240 g/mol. The first-order chi connectivity index (χ1) is 7.81. The molecule has 3 aliphatic heterocycles. The van der Waals surface area contributed by atoms with E-state index in [4.69, 9.17) is 16.3 Å². The third-order valence-corrected chi connectivity index (χ3v) is 3.63. The molecule has 0 N–H and O–H groups in total. The van der Waals surface area contributed by atoms with Crippen molar-refractivity contribution >= 4 is 11.6 Å². The van der Waals surface area contributed by atoms with E-state index in [0.717, 1.165) is 6.54 Å². The van der Waals surface area contributed by atoms with Gasteiger partial charge in [0.1, 0.15) is 6.10 Å². The van der Waals surface area contributed by atoms with Crippen molar-refractivity contribution in [1.82, 2.24) is 14.9 Å². The van der Waals surface area contributed by atoms with Gasteiger partial charge in [0.25, 0.3) is 0 Å². The van der Waals surface area contributed by atoms with Crippen LogP contribution in [0.25, 0.3) is 0 Å². The maximum atomic E-state index is 5.87. The van der Waals surface area contributed by atoms with Gasteiger partial charge in [0, 0.05) is 6.54 Å². The summed E-state index contributed by atoms with van der Waals surface area (Å²) >= 11 is 5.78. The largest absolute Gasteiger partial charge is 0.472 e. The molecule has 1 aromatic heterocycles. The number of ether oxygens (including phenoxy) is 1. The van der Waals surface area contributed by atoms with Gasteiger partial charge in [-0.3, -0.25) is 9.88 Å². The van der Waals surface area contributed by atoms with Crippen molar-refractivity contribution in [3.63, 3.8) is 0 Å². The SMILES string of the molecule is Clc1cncc(O[C@@H]2CN3CCC2CC3)n1. The van der Waals surface area contributed by atoms with Gasteiger partial charge in [0.15, 0.2) is 5.15 Å². The predicted molar refractivity (Wildman–Crippen MR) is 60.6 cm³/mol. The Bertz CT molecular complexity index is 379. The van der Waals surface area contributed by atoms with E-state index in [9.17, 15) is 0 Å². The number of fused-ring (bicyclic) bond motifs is 3. The van der Waals surface area contributed by atoms with Crippen LogP contribution in [0.2, 0.25) is 5.15 Å². The summed E-state index contributed by atoms with van der Waals surface area (Å²) in [6, 6.07) is 0. The molecule has 16 heavy (non-hydrogen) atoms. The Morgan fingerprint density at radius 3 is 2.75 bits per heavy atom. The molecule has 0 radical (unpaired) electrons. The minimum Gasteiger partial charge on any atom is -0.472 e. The minimum absolute atomic E-state index is 0.260. The first kappa shape index (κ1) is 10.3. The molecule has 4 rings (SSSR count). The fourth-order valence-corrected chi connectivity index (χ4v) is 2.72. The van der Waals surface area contributed by atoms with Gasteiger partial charge in [-0.2, -0.15) is 4.98 Å². The van der Waals surface area contributed by atoms with Crippen LogP contribution >= 0.6 is 11.6 Å². The second kappa shape index (κ2) is 4.18. The molecule has 2 bridgehead atoms. The van der Waals surface area contributed by atoms with Crippen molar-refractivity contribution in [2.24, 2.45) is 5.92 Å². The Kier molecular flexibility index (Phi) is 2.69. The highest BCUT2D eigenvalue weighted by Gasteiger charge is 2.35. The third kappa shape index (κ3) is 1.99. The van der Waals surface area contributed by atoms with Crippen molar-refractivity contribution in [2.45, 2.75) is 18.9 Å². The molecule has 3 saturated heterocycles. The van der Waals surface area contributed by atoms with E-state index < -0.39 is 0 Å². The van der Waals surface area contributed by atoms with Gasteiger partial charge in [0.2, 0.25) is 5.88 Å². The second-order valence-corrected chi connectivity index (χ2v) is 4.86. The normalized spacial score (nSPS) is 32.7. The number of hydrogen-bond acceptors (Lipinski definition) is 4. The fourth-order valence-electron chi connectivity index (χ4n) is 2.58. The minimum atomic E-state index is 0.260. The third-order valence-electron chi connectivity index (χ3n) is 3.45. The van der Waals surface area contributed by atoms with Crippen LogP contribution < -0.4 is 4.74 Å². The first-order valence-electron chi connectivity index (χ1n) is 5.68. The summed E-state index contributed by atoms with van der Waals surface area (Å²) in [5.41, 5.74) is 0. The van der Waals surface area contributed by atoms with Gasteiger partial charge < -0.3 is 4.74 Å². The molecule has 5 heteroatoms. The zero-order valence-electron chi connectivity index (χ0n) is 8.97. The lowest BCUT2D eigenvalue weighted by Crippen LogP contribution is -2.52. The maximum Gasteiger partial charge on any atom is 0.234 e. The van der Waals surface area contributed by atoms with Crippen molar-refractivity contribution in [3.05, 3.63) is 17.5 Å². The lowest BCUT2D eigenvalue weighted by Gasteiger charge is -2.44. The van der Waals surface area contributed by atoms with E-state index in [1.807, 2.05) is 0 Å². The number of hydrogen-bond donors (Lipinski definition) is 0. The Labute approximate surface area is 99.6 Å². The van der Waals surface area contributed by atoms with Crippen LogP contribution in [-0.4, -0.2) is 40.6 Å². The van der Waals surface area contributed by atoms with Crippen LogP contribution in [0.4, 0.5) is 0 Å². The quantitative estimate of drug-likeness (QED) is 0.786. The highest BCUT2D eigenvalue weighted by molar-refractivity contribution is 6.29. The summed E-state index contributed by atoms with van der Waals surface area (Å²) in [4.78, 5) is 10.5. The molecular formula is C11H14ClN3O.